The van der Waals surface area contributed by atoms with E-state index < -0.39 is 4.92 Å². The van der Waals surface area contributed by atoms with Crippen LogP contribution in [0.3, 0.4) is 0 Å². The van der Waals surface area contributed by atoms with Crippen molar-refractivity contribution in [2.24, 2.45) is 0 Å². The molecule has 1 aromatic rings. The molecule has 0 aromatic heterocycles. The van der Waals surface area contributed by atoms with E-state index in [1.165, 1.54) is 19.3 Å². The Morgan fingerprint density at radius 1 is 1.29 bits per heavy atom. The average molecular weight is 255 g/mol. The summed E-state index contributed by atoms with van der Waals surface area (Å²) in [6.45, 7) is 0. The first-order chi connectivity index (χ1) is 8.18. The zero-order valence-electron chi connectivity index (χ0n) is 9.49. The number of nitrogens with one attached hydrogen (secondary N) is 1. The summed E-state index contributed by atoms with van der Waals surface area (Å²) in [5.41, 5.74) is 0.522. The Hall–Kier alpha value is -1.29. The van der Waals surface area contributed by atoms with Crippen LogP contribution in [0, 0.1) is 10.1 Å². The molecule has 1 fully saturated rings. The molecular formula is C12H15ClN2O2. The Morgan fingerprint density at radius 3 is 2.65 bits per heavy atom. The van der Waals surface area contributed by atoms with Crippen molar-refractivity contribution in [2.75, 3.05) is 5.32 Å². The Labute approximate surface area is 105 Å². The monoisotopic (exact) mass is 254 g/mol. The topological polar surface area (TPSA) is 55.2 Å². The summed E-state index contributed by atoms with van der Waals surface area (Å²) in [5, 5.41) is 14.4. The SMILES string of the molecule is O=[N+]([O-])c1c(Cl)cccc1NC1CCCCC1. The Balaban J connectivity index is 2.19. The van der Waals surface area contributed by atoms with Gasteiger partial charge in [0.25, 0.3) is 0 Å². The van der Waals surface area contributed by atoms with E-state index in [0.717, 1.165) is 12.8 Å². The van der Waals surface area contributed by atoms with E-state index in [-0.39, 0.29) is 10.7 Å². The minimum atomic E-state index is -0.423. The highest BCUT2D eigenvalue weighted by Crippen LogP contribution is 2.34. The van der Waals surface area contributed by atoms with Gasteiger partial charge < -0.3 is 5.32 Å². The van der Waals surface area contributed by atoms with Gasteiger partial charge in [-0.25, -0.2) is 0 Å². The number of hydrogen-bond acceptors (Lipinski definition) is 3. The fourth-order valence-corrected chi connectivity index (χ4v) is 2.53. The third-order valence-electron chi connectivity index (χ3n) is 3.13. The first kappa shape index (κ1) is 12.2. The first-order valence-electron chi connectivity index (χ1n) is 5.88. The molecule has 1 aliphatic rings. The van der Waals surface area contributed by atoms with Crippen molar-refractivity contribution in [2.45, 2.75) is 38.1 Å². The van der Waals surface area contributed by atoms with Gasteiger partial charge in [0.1, 0.15) is 10.7 Å². The van der Waals surface area contributed by atoms with Gasteiger partial charge in [-0.05, 0) is 25.0 Å². The average Bonchev–Trinajstić information content (AvgIpc) is 2.30. The fourth-order valence-electron chi connectivity index (χ4n) is 2.28. The molecule has 1 aliphatic carbocycles. The number of anilines is 1. The molecule has 92 valence electrons. The van der Waals surface area contributed by atoms with Gasteiger partial charge in [-0.1, -0.05) is 36.9 Å². The number of nitrogens with zero attached hydrogens (tertiary/aromatic N) is 1. The van der Waals surface area contributed by atoms with Gasteiger partial charge in [0.05, 0.1) is 4.92 Å². The third kappa shape index (κ3) is 2.88. The smallest absolute Gasteiger partial charge is 0.310 e. The first-order valence-corrected chi connectivity index (χ1v) is 6.25. The quantitative estimate of drug-likeness (QED) is 0.655. The molecule has 1 saturated carbocycles. The summed E-state index contributed by atoms with van der Waals surface area (Å²) >= 11 is 5.86. The van der Waals surface area contributed by atoms with E-state index in [0.29, 0.717) is 11.7 Å². The lowest BCUT2D eigenvalue weighted by Crippen LogP contribution is -2.22. The second kappa shape index (κ2) is 5.36. The second-order valence-corrected chi connectivity index (χ2v) is 4.78. The molecule has 1 N–H and O–H groups in total. The van der Waals surface area contributed by atoms with Crippen molar-refractivity contribution < 1.29 is 4.92 Å². The number of nitro groups is 1. The van der Waals surface area contributed by atoms with Crippen molar-refractivity contribution in [1.82, 2.24) is 0 Å². The van der Waals surface area contributed by atoms with Gasteiger partial charge in [0.15, 0.2) is 0 Å². The lowest BCUT2D eigenvalue weighted by atomic mass is 9.95. The molecule has 0 aliphatic heterocycles. The van der Waals surface area contributed by atoms with Crippen LogP contribution < -0.4 is 5.32 Å². The highest BCUT2D eigenvalue weighted by Gasteiger charge is 2.21. The zero-order chi connectivity index (χ0) is 12.3. The molecule has 5 heteroatoms. The normalized spacial score (nSPS) is 16.8. The van der Waals surface area contributed by atoms with Gasteiger partial charge in [0, 0.05) is 6.04 Å². The molecule has 0 amide bonds. The summed E-state index contributed by atoms with van der Waals surface area (Å²) in [6, 6.07) is 5.34. The molecule has 4 nitrogen and oxygen atoms in total. The maximum atomic E-state index is 11.0. The Kier molecular flexibility index (Phi) is 3.84. The van der Waals surface area contributed by atoms with E-state index in [1.807, 2.05) is 0 Å². The summed E-state index contributed by atoms with van der Waals surface area (Å²) in [4.78, 5) is 10.5. The Morgan fingerprint density at radius 2 is 2.00 bits per heavy atom. The van der Waals surface area contributed by atoms with Crippen LogP contribution >= 0.6 is 11.6 Å². The molecule has 1 aromatic carbocycles. The molecule has 0 heterocycles. The molecule has 17 heavy (non-hydrogen) atoms. The molecule has 0 saturated heterocycles. The largest absolute Gasteiger partial charge is 0.377 e. The predicted molar refractivity (Wildman–Crippen MR) is 68.6 cm³/mol. The molecule has 0 bridgehead atoms. The van der Waals surface area contributed by atoms with Crippen LogP contribution in [0.25, 0.3) is 0 Å². The zero-order valence-corrected chi connectivity index (χ0v) is 10.2. The van der Waals surface area contributed by atoms with Crippen LogP contribution in [-0.2, 0) is 0 Å². The van der Waals surface area contributed by atoms with Gasteiger partial charge in [-0.3, -0.25) is 10.1 Å². The van der Waals surface area contributed by atoms with Crippen molar-refractivity contribution in [3.63, 3.8) is 0 Å². The van der Waals surface area contributed by atoms with E-state index in [1.54, 1.807) is 18.2 Å². The standard InChI is InChI=1S/C12H15ClN2O2/c13-10-7-4-8-11(12(10)15(16)17)14-9-5-2-1-3-6-9/h4,7-9,14H,1-3,5-6H2. The number of hydrogen-bond donors (Lipinski definition) is 1. The van der Waals surface area contributed by atoms with Crippen LogP contribution in [0.4, 0.5) is 11.4 Å². The van der Waals surface area contributed by atoms with Crippen molar-refractivity contribution in [3.8, 4) is 0 Å². The lowest BCUT2D eigenvalue weighted by molar-refractivity contribution is -0.383. The maximum Gasteiger partial charge on any atom is 0.310 e. The summed E-state index contributed by atoms with van der Waals surface area (Å²) in [7, 11) is 0. The van der Waals surface area contributed by atoms with Gasteiger partial charge in [0.2, 0.25) is 0 Å². The van der Waals surface area contributed by atoms with Crippen LogP contribution in [-0.4, -0.2) is 11.0 Å². The van der Waals surface area contributed by atoms with Crippen molar-refractivity contribution in [1.29, 1.82) is 0 Å². The third-order valence-corrected chi connectivity index (χ3v) is 3.44. The number of para-hydroxylation sites is 1. The lowest BCUT2D eigenvalue weighted by Gasteiger charge is -2.23. The number of nitro benzene ring substituents is 1. The van der Waals surface area contributed by atoms with Crippen molar-refractivity contribution >= 4 is 23.0 Å². The minimum Gasteiger partial charge on any atom is -0.377 e. The fraction of sp³-hybridized carbons (Fsp3) is 0.500. The maximum absolute atomic E-state index is 11.0. The molecule has 0 radical (unpaired) electrons. The van der Waals surface area contributed by atoms with Gasteiger partial charge in [-0.2, -0.15) is 0 Å². The summed E-state index contributed by atoms with van der Waals surface area (Å²) in [6.07, 6.45) is 5.78. The molecule has 0 atom stereocenters. The Bertz CT molecular complexity index is 417. The van der Waals surface area contributed by atoms with Crippen LogP contribution in [0.1, 0.15) is 32.1 Å². The second-order valence-electron chi connectivity index (χ2n) is 4.37. The highest BCUT2D eigenvalue weighted by atomic mass is 35.5. The molecule has 2 rings (SSSR count). The number of benzene rings is 1. The summed E-state index contributed by atoms with van der Waals surface area (Å²) < 4.78 is 0. The van der Waals surface area contributed by atoms with E-state index in [9.17, 15) is 10.1 Å². The minimum absolute atomic E-state index is 0.0141. The predicted octanol–water partition coefficient (Wildman–Crippen LogP) is 3.99. The van der Waals surface area contributed by atoms with Gasteiger partial charge in [-0.15, -0.1) is 0 Å². The van der Waals surface area contributed by atoms with Crippen LogP contribution in [0.5, 0.6) is 0 Å². The molecular weight excluding hydrogens is 240 g/mol. The van der Waals surface area contributed by atoms with Crippen molar-refractivity contribution in [3.05, 3.63) is 33.3 Å². The van der Waals surface area contributed by atoms with E-state index in [4.69, 9.17) is 11.6 Å². The highest BCUT2D eigenvalue weighted by molar-refractivity contribution is 6.33. The van der Waals surface area contributed by atoms with E-state index >= 15 is 0 Å². The van der Waals surface area contributed by atoms with E-state index in [2.05, 4.69) is 5.32 Å². The van der Waals surface area contributed by atoms with Crippen LogP contribution in [0.15, 0.2) is 18.2 Å². The molecule has 0 unspecified atom stereocenters. The van der Waals surface area contributed by atoms with Crippen LogP contribution in [0.2, 0.25) is 5.02 Å². The number of rotatable bonds is 3. The molecule has 0 spiro atoms. The number of halogens is 1. The summed E-state index contributed by atoms with van der Waals surface area (Å²) in [5.74, 6) is 0. The van der Waals surface area contributed by atoms with Gasteiger partial charge >= 0.3 is 5.69 Å².